The smallest absolute Gasteiger partial charge is 0.257 e. The number of hydrogen-bond donors (Lipinski definition) is 2. The molecule has 1 aromatic carbocycles. The Hall–Kier alpha value is -1.71. The van der Waals surface area contributed by atoms with Crippen LogP contribution in [-0.4, -0.2) is 19.1 Å². The molecule has 0 aromatic heterocycles. The molecule has 1 rings (SSSR count). The Bertz CT molecular complexity index is 389. The van der Waals surface area contributed by atoms with Gasteiger partial charge < -0.3 is 15.8 Å². The van der Waals surface area contributed by atoms with Gasteiger partial charge in [-0.2, -0.15) is 0 Å². The van der Waals surface area contributed by atoms with Gasteiger partial charge in [-0.05, 0) is 24.5 Å². The first kappa shape index (κ1) is 13.4. The van der Waals surface area contributed by atoms with Crippen LogP contribution in [0.1, 0.15) is 19.4 Å². The molecule has 0 bridgehead atoms. The van der Waals surface area contributed by atoms with Crippen LogP contribution in [0.5, 0.6) is 5.75 Å². The summed E-state index contributed by atoms with van der Waals surface area (Å²) < 4.78 is 5.42. The molecule has 3 N–H and O–H groups in total. The monoisotopic (exact) mass is 236 g/mol. The highest BCUT2D eigenvalue weighted by Gasteiger charge is 2.05. The van der Waals surface area contributed by atoms with E-state index in [2.05, 4.69) is 5.32 Å². The summed E-state index contributed by atoms with van der Waals surface area (Å²) in [5, 5.41) is 2.79. The van der Waals surface area contributed by atoms with Gasteiger partial charge in [0.1, 0.15) is 5.75 Å². The predicted octanol–water partition coefficient (Wildman–Crippen LogP) is 1.73. The summed E-state index contributed by atoms with van der Waals surface area (Å²) in [6, 6.07) is 5.41. The molecule has 0 saturated heterocycles. The van der Waals surface area contributed by atoms with Crippen molar-refractivity contribution in [2.75, 3.05) is 18.9 Å². The van der Waals surface area contributed by atoms with Gasteiger partial charge in [0.15, 0.2) is 6.61 Å². The van der Waals surface area contributed by atoms with Crippen molar-refractivity contribution in [2.24, 2.45) is 5.92 Å². The summed E-state index contributed by atoms with van der Waals surface area (Å²) >= 11 is 0. The second-order valence-corrected chi connectivity index (χ2v) is 4.51. The van der Waals surface area contributed by atoms with Gasteiger partial charge in [-0.3, -0.25) is 4.79 Å². The number of benzene rings is 1. The lowest BCUT2D eigenvalue weighted by atomic mass is 10.2. The number of rotatable bonds is 5. The van der Waals surface area contributed by atoms with Crippen molar-refractivity contribution in [3.63, 3.8) is 0 Å². The van der Waals surface area contributed by atoms with Gasteiger partial charge in [-0.25, -0.2) is 0 Å². The quantitative estimate of drug-likeness (QED) is 0.765. The molecular formula is C13H20N2O2. The number of carbonyl (C=O) groups is 1. The number of nitrogen functional groups attached to an aromatic ring is 1. The van der Waals surface area contributed by atoms with Gasteiger partial charge in [-0.15, -0.1) is 0 Å². The fourth-order valence-electron chi connectivity index (χ4n) is 1.28. The number of anilines is 1. The van der Waals surface area contributed by atoms with Crippen LogP contribution in [0, 0.1) is 12.8 Å². The number of carbonyl (C=O) groups excluding carboxylic acids is 1. The van der Waals surface area contributed by atoms with Crippen LogP contribution in [0.3, 0.4) is 0 Å². The summed E-state index contributed by atoms with van der Waals surface area (Å²) in [5.74, 6) is 0.985. The summed E-state index contributed by atoms with van der Waals surface area (Å²) in [6.07, 6.45) is 0. The Morgan fingerprint density at radius 2 is 2.18 bits per heavy atom. The van der Waals surface area contributed by atoms with Crippen molar-refractivity contribution in [1.29, 1.82) is 0 Å². The lowest BCUT2D eigenvalue weighted by Crippen LogP contribution is -2.31. The second-order valence-electron chi connectivity index (χ2n) is 4.51. The van der Waals surface area contributed by atoms with Crippen molar-refractivity contribution in [2.45, 2.75) is 20.8 Å². The molecule has 0 unspecified atom stereocenters. The van der Waals surface area contributed by atoms with Gasteiger partial charge in [0.25, 0.3) is 5.91 Å². The molecule has 94 valence electrons. The van der Waals surface area contributed by atoms with Gasteiger partial charge >= 0.3 is 0 Å². The minimum Gasteiger partial charge on any atom is -0.483 e. The number of hydrogen-bond acceptors (Lipinski definition) is 3. The summed E-state index contributed by atoms with van der Waals surface area (Å²) in [7, 11) is 0. The van der Waals surface area contributed by atoms with Crippen molar-refractivity contribution < 1.29 is 9.53 Å². The molecule has 0 fully saturated rings. The van der Waals surface area contributed by atoms with Gasteiger partial charge in [0.2, 0.25) is 0 Å². The van der Waals surface area contributed by atoms with E-state index in [-0.39, 0.29) is 12.5 Å². The largest absolute Gasteiger partial charge is 0.483 e. The Morgan fingerprint density at radius 1 is 1.47 bits per heavy atom. The van der Waals surface area contributed by atoms with Crippen LogP contribution in [0.4, 0.5) is 5.69 Å². The Labute approximate surface area is 102 Å². The van der Waals surface area contributed by atoms with E-state index in [9.17, 15) is 4.79 Å². The number of aryl methyl sites for hydroxylation is 1. The zero-order chi connectivity index (χ0) is 12.8. The highest BCUT2D eigenvalue weighted by Crippen LogP contribution is 2.20. The maximum absolute atomic E-state index is 11.4. The number of amides is 1. The summed E-state index contributed by atoms with van der Waals surface area (Å²) in [4.78, 5) is 11.4. The van der Waals surface area contributed by atoms with E-state index in [0.717, 1.165) is 5.56 Å². The fourth-order valence-corrected chi connectivity index (χ4v) is 1.28. The molecule has 0 aliphatic rings. The van der Waals surface area contributed by atoms with Crippen LogP contribution in [-0.2, 0) is 4.79 Å². The van der Waals surface area contributed by atoms with Crippen LogP contribution >= 0.6 is 0 Å². The number of ether oxygens (including phenoxy) is 1. The number of nitrogens with one attached hydrogen (secondary N) is 1. The Balaban J connectivity index is 2.44. The Kier molecular flexibility index (Phi) is 4.82. The molecule has 1 aromatic rings. The third-order valence-electron chi connectivity index (χ3n) is 2.28. The predicted molar refractivity (Wildman–Crippen MR) is 68.9 cm³/mol. The maximum atomic E-state index is 11.4. The average molecular weight is 236 g/mol. The van der Waals surface area contributed by atoms with E-state index < -0.39 is 0 Å². The summed E-state index contributed by atoms with van der Waals surface area (Å²) in [6.45, 7) is 6.70. The topological polar surface area (TPSA) is 64.3 Å². The molecule has 17 heavy (non-hydrogen) atoms. The molecule has 0 aliphatic heterocycles. The lowest BCUT2D eigenvalue weighted by Gasteiger charge is -2.11. The molecule has 1 amide bonds. The second kappa shape index (κ2) is 6.13. The first-order chi connectivity index (χ1) is 7.99. The standard InChI is InChI=1S/C13H20N2O2/c1-9(2)7-15-13(16)8-17-12-6-11(14)5-4-10(12)3/h4-6,9H,7-8,14H2,1-3H3,(H,15,16). The molecule has 0 spiro atoms. The van der Waals surface area contributed by atoms with Crippen LogP contribution < -0.4 is 15.8 Å². The lowest BCUT2D eigenvalue weighted by molar-refractivity contribution is -0.123. The van der Waals surface area contributed by atoms with E-state index in [1.807, 2.05) is 26.8 Å². The first-order valence-corrected chi connectivity index (χ1v) is 5.74. The van der Waals surface area contributed by atoms with Gasteiger partial charge in [-0.1, -0.05) is 19.9 Å². The number of nitrogens with two attached hydrogens (primary N) is 1. The van der Waals surface area contributed by atoms with Gasteiger partial charge in [0, 0.05) is 18.3 Å². The molecular weight excluding hydrogens is 216 g/mol. The van der Waals surface area contributed by atoms with Crippen LogP contribution in [0.15, 0.2) is 18.2 Å². The van der Waals surface area contributed by atoms with Crippen molar-refractivity contribution in [1.82, 2.24) is 5.32 Å². The fraction of sp³-hybridized carbons (Fsp3) is 0.462. The highest BCUT2D eigenvalue weighted by atomic mass is 16.5. The SMILES string of the molecule is Cc1ccc(N)cc1OCC(=O)NCC(C)C. The minimum absolute atomic E-state index is 0.0248. The molecule has 4 heteroatoms. The van der Waals surface area contributed by atoms with E-state index in [0.29, 0.717) is 23.9 Å². The third-order valence-corrected chi connectivity index (χ3v) is 2.28. The molecule has 0 aliphatic carbocycles. The maximum Gasteiger partial charge on any atom is 0.257 e. The summed E-state index contributed by atoms with van der Waals surface area (Å²) in [5.41, 5.74) is 7.25. The van der Waals surface area contributed by atoms with Crippen molar-refractivity contribution in [3.05, 3.63) is 23.8 Å². The van der Waals surface area contributed by atoms with E-state index in [1.165, 1.54) is 0 Å². The van der Waals surface area contributed by atoms with Crippen LogP contribution in [0.25, 0.3) is 0 Å². The Morgan fingerprint density at radius 3 is 2.82 bits per heavy atom. The normalized spacial score (nSPS) is 10.4. The van der Waals surface area contributed by atoms with E-state index in [4.69, 9.17) is 10.5 Å². The van der Waals surface area contributed by atoms with Crippen molar-refractivity contribution in [3.8, 4) is 5.75 Å². The zero-order valence-electron chi connectivity index (χ0n) is 10.6. The molecule has 0 radical (unpaired) electrons. The van der Waals surface area contributed by atoms with Crippen molar-refractivity contribution >= 4 is 11.6 Å². The highest BCUT2D eigenvalue weighted by molar-refractivity contribution is 5.77. The van der Waals surface area contributed by atoms with Gasteiger partial charge in [0.05, 0.1) is 0 Å². The average Bonchev–Trinajstić information content (AvgIpc) is 2.27. The first-order valence-electron chi connectivity index (χ1n) is 5.74. The zero-order valence-corrected chi connectivity index (χ0v) is 10.6. The molecule has 0 heterocycles. The van der Waals surface area contributed by atoms with Crippen LogP contribution in [0.2, 0.25) is 0 Å². The third kappa shape index (κ3) is 4.76. The minimum atomic E-state index is -0.111. The molecule has 0 atom stereocenters. The molecule has 4 nitrogen and oxygen atoms in total. The molecule has 0 saturated carbocycles. The van der Waals surface area contributed by atoms with E-state index in [1.54, 1.807) is 12.1 Å². The van der Waals surface area contributed by atoms with E-state index >= 15 is 0 Å².